The first-order chi connectivity index (χ1) is 15.2. The zero-order valence-corrected chi connectivity index (χ0v) is 18.1. The molecule has 1 aromatic carbocycles. The van der Waals surface area contributed by atoms with Gasteiger partial charge in [0.1, 0.15) is 11.7 Å². The van der Waals surface area contributed by atoms with Gasteiger partial charge in [0.05, 0.1) is 21.4 Å². The van der Waals surface area contributed by atoms with Crippen LogP contribution in [0.1, 0.15) is 24.8 Å². The Labute approximate surface area is 188 Å². The molecule has 15 heteroatoms. The van der Waals surface area contributed by atoms with E-state index < -0.39 is 68.6 Å². The van der Waals surface area contributed by atoms with E-state index in [0.29, 0.717) is 6.07 Å². The average Bonchev–Trinajstić information content (AvgIpc) is 3.19. The molecule has 0 N–H and O–H groups in total. The van der Waals surface area contributed by atoms with Gasteiger partial charge in [0.2, 0.25) is 11.2 Å². The number of rotatable bonds is 4. The predicted molar refractivity (Wildman–Crippen MR) is 101 cm³/mol. The van der Waals surface area contributed by atoms with Gasteiger partial charge in [0.15, 0.2) is 9.84 Å². The molecule has 33 heavy (non-hydrogen) atoms. The Bertz CT molecular complexity index is 1210. The Morgan fingerprint density at radius 1 is 1.15 bits per heavy atom. The third-order valence-corrected chi connectivity index (χ3v) is 8.28. The van der Waals surface area contributed by atoms with Gasteiger partial charge in [-0.25, -0.2) is 18.1 Å². The van der Waals surface area contributed by atoms with E-state index in [0.717, 1.165) is 28.0 Å². The Kier molecular flexibility index (Phi) is 5.47. The molecule has 0 bridgehead atoms. The van der Waals surface area contributed by atoms with Crippen molar-refractivity contribution < 1.29 is 39.6 Å². The number of nitrogens with zero attached hydrogens (tertiary/aromatic N) is 4. The second-order valence-corrected chi connectivity index (χ2v) is 10.5. The number of likely N-dealkylation sites (tertiary alicyclic amines) is 1. The van der Waals surface area contributed by atoms with E-state index in [4.69, 9.17) is 11.6 Å². The summed E-state index contributed by atoms with van der Waals surface area (Å²) in [6.45, 7) is -0.909. The third-order valence-electron chi connectivity index (χ3n) is 5.88. The second-order valence-electron chi connectivity index (χ2n) is 7.92. The lowest BCUT2D eigenvalue weighted by molar-refractivity contribution is -0.197. The molecule has 1 aromatic heterocycles. The fourth-order valence-electron chi connectivity index (χ4n) is 3.89. The van der Waals surface area contributed by atoms with Crippen molar-refractivity contribution in [2.45, 2.75) is 41.8 Å². The van der Waals surface area contributed by atoms with Crippen LogP contribution in [-0.2, 0) is 20.8 Å². The average molecular weight is 517 g/mol. The van der Waals surface area contributed by atoms with Gasteiger partial charge in [-0.15, -0.1) is 5.10 Å². The number of carbonyl (C=O) groups excluding carboxylic acids is 1. The maximum atomic E-state index is 13.7. The van der Waals surface area contributed by atoms with E-state index in [1.165, 1.54) is 0 Å². The molecule has 1 amide bonds. The number of halogens is 7. The molecule has 2 fully saturated rings. The van der Waals surface area contributed by atoms with Crippen molar-refractivity contribution in [1.29, 1.82) is 0 Å². The lowest BCUT2D eigenvalue weighted by Crippen LogP contribution is -2.43. The molecule has 2 heterocycles. The second kappa shape index (κ2) is 7.58. The summed E-state index contributed by atoms with van der Waals surface area (Å²) in [6, 6.07) is 2.40. The third kappa shape index (κ3) is 4.07. The number of hydrogen-bond donors (Lipinski definition) is 0. The Morgan fingerprint density at radius 3 is 2.33 bits per heavy atom. The first-order valence-corrected chi connectivity index (χ1v) is 11.5. The lowest BCUT2D eigenvalue weighted by Gasteiger charge is -2.25. The molecule has 1 aliphatic carbocycles. The van der Waals surface area contributed by atoms with Gasteiger partial charge in [0, 0.05) is 13.1 Å². The van der Waals surface area contributed by atoms with Crippen LogP contribution in [0.4, 0.5) is 26.3 Å². The monoisotopic (exact) mass is 516 g/mol. The van der Waals surface area contributed by atoms with Crippen LogP contribution in [0.5, 0.6) is 0 Å². The van der Waals surface area contributed by atoms with E-state index in [9.17, 15) is 39.6 Å². The van der Waals surface area contributed by atoms with Crippen LogP contribution >= 0.6 is 11.6 Å². The number of amides is 1. The number of sulfone groups is 1. The number of alkyl halides is 6. The highest BCUT2D eigenvalue weighted by molar-refractivity contribution is 7.92. The van der Waals surface area contributed by atoms with Gasteiger partial charge in [-0.2, -0.15) is 26.3 Å². The van der Waals surface area contributed by atoms with Crippen molar-refractivity contribution >= 4 is 27.3 Å². The minimum atomic E-state index is -5.06. The van der Waals surface area contributed by atoms with Crippen LogP contribution in [0.25, 0.3) is 5.69 Å². The molecule has 0 spiro atoms. The SMILES string of the molecule is O=C(N1CCC(S(=O)(=O)c2ccc(-n3cnc(Cl)n3)cc2C(F)(F)F)C1)C1(C(F)(F)F)CC1. The fraction of sp³-hybridized carbons (Fsp3) is 0.500. The summed E-state index contributed by atoms with van der Waals surface area (Å²) in [5.41, 5.74) is -4.14. The zero-order chi connectivity index (χ0) is 24.4. The standard InChI is InChI=1S/C18H15ClF6N4O3S/c19-15-26-9-29(27-15)10-1-2-13(12(7-10)17(20,21)22)33(31,32)11-3-6-28(8-11)14(30)16(4-5-16)18(23,24)25/h1-2,7,9,11H,3-6,8H2. The highest BCUT2D eigenvalue weighted by Gasteiger charge is 2.69. The van der Waals surface area contributed by atoms with Gasteiger partial charge in [-0.05, 0) is 49.1 Å². The van der Waals surface area contributed by atoms with Gasteiger partial charge in [0.25, 0.3) is 0 Å². The van der Waals surface area contributed by atoms with Crippen molar-refractivity contribution in [3.8, 4) is 5.69 Å². The smallest absolute Gasteiger partial charge is 0.341 e. The van der Waals surface area contributed by atoms with E-state index in [1.807, 2.05) is 0 Å². The summed E-state index contributed by atoms with van der Waals surface area (Å²) in [4.78, 5) is 15.8. The topological polar surface area (TPSA) is 85.2 Å². The molecule has 1 saturated carbocycles. The Hall–Kier alpha value is -2.35. The summed E-state index contributed by atoms with van der Waals surface area (Å²) in [5, 5.41) is 1.96. The maximum absolute atomic E-state index is 13.7. The molecule has 1 unspecified atom stereocenters. The van der Waals surface area contributed by atoms with E-state index in [-0.39, 0.29) is 23.9 Å². The van der Waals surface area contributed by atoms with E-state index in [1.54, 1.807) is 0 Å². The molecule has 180 valence electrons. The molecule has 0 radical (unpaired) electrons. The molecule has 2 aromatic rings. The van der Waals surface area contributed by atoms with Crippen LogP contribution in [-0.4, -0.2) is 58.5 Å². The molecular weight excluding hydrogens is 502 g/mol. The molecule has 7 nitrogen and oxygen atoms in total. The minimum absolute atomic E-state index is 0.148. The molecule has 1 aliphatic heterocycles. The van der Waals surface area contributed by atoms with Crippen molar-refractivity contribution in [1.82, 2.24) is 19.7 Å². The first kappa shape index (κ1) is 23.8. The maximum Gasteiger partial charge on any atom is 0.417 e. The highest BCUT2D eigenvalue weighted by Crippen LogP contribution is 2.59. The van der Waals surface area contributed by atoms with Crippen LogP contribution in [0.2, 0.25) is 5.28 Å². The summed E-state index contributed by atoms with van der Waals surface area (Å²) in [7, 11) is -4.64. The minimum Gasteiger partial charge on any atom is -0.341 e. The van der Waals surface area contributed by atoms with Crippen molar-refractivity contribution in [2.75, 3.05) is 13.1 Å². The molecular formula is C18H15ClF6N4O3S. The van der Waals surface area contributed by atoms with Gasteiger partial charge in [-0.1, -0.05) is 0 Å². The largest absolute Gasteiger partial charge is 0.417 e. The van der Waals surface area contributed by atoms with E-state index >= 15 is 0 Å². The van der Waals surface area contributed by atoms with Crippen molar-refractivity contribution in [3.05, 3.63) is 35.4 Å². The normalized spacial score (nSPS) is 20.8. The lowest BCUT2D eigenvalue weighted by atomic mass is 10.1. The quantitative estimate of drug-likeness (QED) is 0.579. The molecule has 2 aliphatic rings. The van der Waals surface area contributed by atoms with Crippen LogP contribution in [0.3, 0.4) is 0 Å². The summed E-state index contributed by atoms with van der Waals surface area (Å²) >= 11 is 5.57. The molecule has 1 saturated heterocycles. The molecule has 1 atom stereocenters. The highest BCUT2D eigenvalue weighted by atomic mass is 35.5. The van der Waals surface area contributed by atoms with Crippen LogP contribution < -0.4 is 0 Å². The number of carbonyl (C=O) groups is 1. The fourth-order valence-corrected chi connectivity index (χ4v) is 5.90. The van der Waals surface area contributed by atoms with E-state index in [2.05, 4.69) is 10.1 Å². The number of hydrogen-bond acceptors (Lipinski definition) is 5. The van der Waals surface area contributed by atoms with Crippen LogP contribution in [0.15, 0.2) is 29.4 Å². The van der Waals surface area contributed by atoms with Gasteiger partial charge >= 0.3 is 12.4 Å². The number of benzene rings is 1. The van der Waals surface area contributed by atoms with Gasteiger partial charge < -0.3 is 4.90 Å². The molecule has 4 rings (SSSR count). The Balaban J connectivity index is 1.64. The summed E-state index contributed by atoms with van der Waals surface area (Å²) < 4.78 is 108. The van der Waals surface area contributed by atoms with Crippen LogP contribution in [0, 0.1) is 5.41 Å². The summed E-state index contributed by atoms with van der Waals surface area (Å²) in [5.74, 6) is -1.23. The zero-order valence-electron chi connectivity index (χ0n) is 16.5. The van der Waals surface area contributed by atoms with Crippen molar-refractivity contribution in [3.63, 3.8) is 0 Å². The summed E-state index contributed by atoms with van der Waals surface area (Å²) in [6.07, 6.45) is -9.86. The first-order valence-electron chi connectivity index (χ1n) is 9.56. The Morgan fingerprint density at radius 2 is 1.82 bits per heavy atom. The van der Waals surface area contributed by atoms with Gasteiger partial charge in [-0.3, -0.25) is 4.79 Å². The predicted octanol–water partition coefficient (Wildman–Crippen LogP) is 3.66. The number of aromatic nitrogens is 3. The van der Waals surface area contributed by atoms with Crippen molar-refractivity contribution in [2.24, 2.45) is 5.41 Å².